The second-order valence-electron chi connectivity index (χ2n) is 7.24. The number of aromatic nitrogens is 3. The number of hydrogen-bond donors (Lipinski definition) is 0. The van der Waals surface area contributed by atoms with Crippen molar-refractivity contribution in [3.8, 4) is 11.4 Å². The van der Waals surface area contributed by atoms with Gasteiger partial charge in [0.05, 0.1) is 23.5 Å². The zero-order valence-corrected chi connectivity index (χ0v) is 18.4. The second-order valence-corrected chi connectivity index (χ2v) is 8.59. The maximum absolute atomic E-state index is 12.7. The molecule has 0 saturated carbocycles. The van der Waals surface area contributed by atoms with E-state index in [1.165, 1.54) is 16.7 Å². The second kappa shape index (κ2) is 8.61. The molecule has 1 aromatic heterocycles. The standard InChI is InChI=1S/C24H17ClN4O2S/c25-18-12-10-17(11-13-18)21-26-27-24(28(21)14-16-6-2-1-3-7-16)32-15-29-22(30)19-8-4-5-9-20(19)23(29)31/h1-13H,14-15H2. The number of imide groups is 1. The zero-order chi connectivity index (χ0) is 22.1. The summed E-state index contributed by atoms with van der Waals surface area (Å²) in [4.78, 5) is 26.6. The van der Waals surface area contributed by atoms with Gasteiger partial charge in [-0.05, 0) is 42.0 Å². The molecule has 8 heteroatoms. The first-order valence-corrected chi connectivity index (χ1v) is 11.3. The molecule has 0 fully saturated rings. The summed E-state index contributed by atoms with van der Waals surface area (Å²) in [5, 5.41) is 10.0. The van der Waals surface area contributed by atoms with Crippen molar-refractivity contribution in [2.75, 3.05) is 5.88 Å². The fraction of sp³-hybridized carbons (Fsp3) is 0.0833. The Bertz CT molecular complexity index is 1270. The highest BCUT2D eigenvalue weighted by Gasteiger charge is 2.35. The van der Waals surface area contributed by atoms with Crippen LogP contribution >= 0.6 is 23.4 Å². The Morgan fingerprint density at radius 1 is 0.781 bits per heavy atom. The number of carbonyl (C=O) groups is 2. The summed E-state index contributed by atoms with van der Waals surface area (Å²) in [5.41, 5.74) is 2.84. The van der Waals surface area contributed by atoms with Gasteiger partial charge < -0.3 is 0 Å². The minimum absolute atomic E-state index is 0.153. The maximum atomic E-state index is 12.7. The van der Waals surface area contributed by atoms with E-state index in [1.807, 2.05) is 59.2 Å². The predicted octanol–water partition coefficient (Wildman–Crippen LogP) is 4.99. The van der Waals surface area contributed by atoms with E-state index in [0.717, 1.165) is 11.1 Å². The van der Waals surface area contributed by atoms with Gasteiger partial charge in [-0.2, -0.15) is 0 Å². The molecule has 6 nitrogen and oxygen atoms in total. The Morgan fingerprint density at radius 2 is 1.41 bits per heavy atom. The van der Waals surface area contributed by atoms with Crippen LogP contribution < -0.4 is 0 Å². The molecule has 2 amide bonds. The number of fused-ring (bicyclic) bond motifs is 1. The molecule has 2 heterocycles. The third kappa shape index (κ3) is 3.81. The molecule has 0 radical (unpaired) electrons. The summed E-state index contributed by atoms with van der Waals surface area (Å²) in [6.45, 7) is 0.552. The Kier molecular flexibility index (Phi) is 5.51. The van der Waals surface area contributed by atoms with Gasteiger partial charge in [0.15, 0.2) is 11.0 Å². The Morgan fingerprint density at radius 3 is 2.06 bits per heavy atom. The minimum atomic E-state index is -0.287. The molecule has 32 heavy (non-hydrogen) atoms. The lowest BCUT2D eigenvalue weighted by atomic mass is 10.1. The van der Waals surface area contributed by atoms with Crippen LogP contribution in [-0.4, -0.2) is 37.4 Å². The van der Waals surface area contributed by atoms with Crippen LogP contribution in [0.5, 0.6) is 0 Å². The van der Waals surface area contributed by atoms with E-state index in [9.17, 15) is 9.59 Å². The van der Waals surface area contributed by atoms with Gasteiger partial charge in [0.25, 0.3) is 11.8 Å². The lowest BCUT2D eigenvalue weighted by molar-refractivity contribution is 0.0684. The fourth-order valence-corrected chi connectivity index (χ4v) is 4.61. The van der Waals surface area contributed by atoms with Gasteiger partial charge in [0.1, 0.15) is 0 Å². The number of halogens is 1. The topological polar surface area (TPSA) is 68.1 Å². The van der Waals surface area contributed by atoms with Gasteiger partial charge >= 0.3 is 0 Å². The number of benzene rings is 3. The molecule has 0 saturated heterocycles. The highest BCUT2D eigenvalue weighted by atomic mass is 35.5. The van der Waals surface area contributed by atoms with E-state index < -0.39 is 0 Å². The van der Waals surface area contributed by atoms with Crippen molar-refractivity contribution >= 4 is 35.2 Å². The van der Waals surface area contributed by atoms with Crippen molar-refractivity contribution in [3.63, 3.8) is 0 Å². The number of carbonyl (C=O) groups excluding carboxylic acids is 2. The van der Waals surface area contributed by atoms with Crippen LogP contribution in [0.4, 0.5) is 0 Å². The number of nitrogens with zero attached hydrogens (tertiary/aromatic N) is 4. The molecule has 0 unspecified atom stereocenters. The number of rotatable bonds is 6. The molecule has 158 valence electrons. The minimum Gasteiger partial charge on any atom is -0.297 e. The molecule has 1 aliphatic heterocycles. The van der Waals surface area contributed by atoms with E-state index >= 15 is 0 Å². The van der Waals surface area contributed by atoms with Crippen molar-refractivity contribution in [1.29, 1.82) is 0 Å². The maximum Gasteiger partial charge on any atom is 0.262 e. The van der Waals surface area contributed by atoms with Crippen LogP contribution in [0.3, 0.4) is 0 Å². The predicted molar refractivity (Wildman–Crippen MR) is 124 cm³/mol. The molecule has 4 aromatic rings. The van der Waals surface area contributed by atoms with Crippen molar-refractivity contribution in [1.82, 2.24) is 19.7 Å². The first-order valence-electron chi connectivity index (χ1n) is 9.93. The lowest BCUT2D eigenvalue weighted by Gasteiger charge is -2.14. The molecule has 3 aromatic carbocycles. The molecular weight excluding hydrogens is 444 g/mol. The van der Waals surface area contributed by atoms with Crippen molar-refractivity contribution in [2.45, 2.75) is 11.7 Å². The van der Waals surface area contributed by atoms with E-state index in [1.54, 1.807) is 24.3 Å². The average molecular weight is 461 g/mol. The lowest BCUT2D eigenvalue weighted by Crippen LogP contribution is -2.29. The van der Waals surface area contributed by atoms with Crippen LogP contribution in [0.15, 0.2) is 84.0 Å². The SMILES string of the molecule is O=C1c2ccccc2C(=O)N1CSc1nnc(-c2ccc(Cl)cc2)n1Cc1ccccc1. The third-order valence-electron chi connectivity index (χ3n) is 5.20. The molecule has 0 aliphatic carbocycles. The van der Waals surface area contributed by atoms with Crippen molar-refractivity contribution in [3.05, 3.63) is 101 Å². The monoisotopic (exact) mass is 460 g/mol. The summed E-state index contributed by atoms with van der Waals surface area (Å²) >= 11 is 7.35. The van der Waals surface area contributed by atoms with Crippen LogP contribution in [0.2, 0.25) is 5.02 Å². The van der Waals surface area contributed by atoms with Gasteiger partial charge in [0.2, 0.25) is 0 Å². The van der Waals surface area contributed by atoms with Gasteiger partial charge in [-0.15, -0.1) is 10.2 Å². The molecule has 5 rings (SSSR count). The van der Waals surface area contributed by atoms with Crippen molar-refractivity contribution < 1.29 is 9.59 Å². The summed E-state index contributed by atoms with van der Waals surface area (Å²) in [5.74, 6) is 0.269. The Balaban J connectivity index is 1.44. The quantitative estimate of drug-likeness (QED) is 0.299. The molecule has 1 aliphatic rings. The van der Waals surface area contributed by atoms with Gasteiger partial charge in [0, 0.05) is 10.6 Å². The summed E-state index contributed by atoms with van der Waals surface area (Å²) < 4.78 is 1.99. The molecule has 0 spiro atoms. The smallest absolute Gasteiger partial charge is 0.262 e. The van der Waals surface area contributed by atoms with Gasteiger partial charge in [-0.3, -0.25) is 19.1 Å². The van der Waals surface area contributed by atoms with Gasteiger partial charge in [-0.25, -0.2) is 0 Å². The number of amides is 2. The number of hydrogen-bond acceptors (Lipinski definition) is 5. The number of thioether (sulfide) groups is 1. The van der Waals surface area contributed by atoms with E-state index in [4.69, 9.17) is 11.6 Å². The fourth-order valence-electron chi connectivity index (χ4n) is 3.60. The van der Waals surface area contributed by atoms with Gasteiger partial charge in [-0.1, -0.05) is 65.8 Å². The summed E-state index contributed by atoms with van der Waals surface area (Å²) in [6.07, 6.45) is 0. The van der Waals surface area contributed by atoms with Crippen LogP contribution in [0, 0.1) is 0 Å². The highest BCUT2D eigenvalue weighted by molar-refractivity contribution is 7.99. The van der Waals surface area contributed by atoms with Crippen LogP contribution in [0.1, 0.15) is 26.3 Å². The van der Waals surface area contributed by atoms with E-state index in [0.29, 0.717) is 33.7 Å². The van der Waals surface area contributed by atoms with Crippen molar-refractivity contribution in [2.24, 2.45) is 0 Å². The summed E-state index contributed by atoms with van der Waals surface area (Å²) in [7, 11) is 0. The molecular formula is C24H17ClN4O2S. The normalized spacial score (nSPS) is 13.0. The van der Waals surface area contributed by atoms with Crippen LogP contribution in [-0.2, 0) is 6.54 Å². The zero-order valence-electron chi connectivity index (χ0n) is 16.8. The first-order chi connectivity index (χ1) is 15.6. The Hall–Kier alpha value is -3.42. The van der Waals surface area contributed by atoms with Crippen LogP contribution in [0.25, 0.3) is 11.4 Å². The van der Waals surface area contributed by atoms with E-state index in [2.05, 4.69) is 10.2 Å². The molecule has 0 bridgehead atoms. The molecule has 0 atom stereocenters. The Labute approximate surface area is 193 Å². The highest BCUT2D eigenvalue weighted by Crippen LogP contribution is 2.29. The van der Waals surface area contributed by atoms with E-state index in [-0.39, 0.29) is 17.7 Å². The summed E-state index contributed by atoms with van der Waals surface area (Å²) in [6, 6.07) is 24.3. The average Bonchev–Trinajstić information content (AvgIpc) is 3.32. The third-order valence-corrected chi connectivity index (χ3v) is 6.40. The largest absolute Gasteiger partial charge is 0.297 e. The molecule has 0 N–H and O–H groups in total. The first kappa shape index (κ1) is 20.5.